The average molecular weight is 428 g/mol. The number of nitrogens with one attached hydrogen (secondary N) is 3. The van der Waals surface area contributed by atoms with Gasteiger partial charge in [0.25, 0.3) is 11.8 Å². The summed E-state index contributed by atoms with van der Waals surface area (Å²) in [5.74, 6) is 0.150. The summed E-state index contributed by atoms with van der Waals surface area (Å²) in [6, 6.07) is 3.82. The lowest BCUT2D eigenvalue weighted by molar-refractivity contribution is -0.117. The van der Waals surface area contributed by atoms with Gasteiger partial charge >= 0.3 is 0 Å². The van der Waals surface area contributed by atoms with E-state index < -0.39 is 0 Å². The van der Waals surface area contributed by atoms with Crippen LogP contribution >= 0.6 is 11.8 Å². The van der Waals surface area contributed by atoms with Gasteiger partial charge in [-0.3, -0.25) is 9.59 Å². The molecule has 2 bridgehead atoms. The summed E-state index contributed by atoms with van der Waals surface area (Å²) in [4.78, 5) is 32.0. The van der Waals surface area contributed by atoms with Crippen molar-refractivity contribution >= 4 is 34.3 Å². The summed E-state index contributed by atoms with van der Waals surface area (Å²) in [7, 11) is 3.63. The van der Waals surface area contributed by atoms with Crippen LogP contribution in [0, 0.1) is 0 Å². The van der Waals surface area contributed by atoms with Gasteiger partial charge in [-0.05, 0) is 42.9 Å². The fraction of sp³-hybridized carbons (Fsp3) is 0.318. The number of nitrogens with zero attached hydrogens (tertiary/aromatic N) is 2. The second-order valence-electron chi connectivity index (χ2n) is 7.10. The highest BCUT2D eigenvalue weighted by Gasteiger charge is 2.16. The molecule has 2 amide bonds. The number of aromatic nitrogens is 1. The first-order chi connectivity index (χ1) is 14.3. The molecule has 0 aromatic carbocycles. The Morgan fingerprint density at radius 1 is 1.13 bits per heavy atom. The summed E-state index contributed by atoms with van der Waals surface area (Å²) >= 11 is 1.37. The third-order valence-electron chi connectivity index (χ3n) is 4.25. The zero-order chi connectivity index (χ0) is 22.1. The number of hydrogen-bond donors (Lipinski definition) is 3. The maximum Gasteiger partial charge on any atom is 0.252 e. The van der Waals surface area contributed by atoms with Gasteiger partial charge in [0.2, 0.25) is 0 Å². The van der Waals surface area contributed by atoms with Crippen LogP contribution in [0.1, 0.15) is 25.3 Å². The topological polar surface area (TPSA) is 86.4 Å². The third kappa shape index (κ3) is 7.11. The van der Waals surface area contributed by atoms with Crippen LogP contribution in [0.25, 0.3) is 4.91 Å². The molecule has 1 aliphatic heterocycles. The Kier molecular flexibility index (Phi) is 8.73. The van der Waals surface area contributed by atoms with Crippen molar-refractivity contribution in [3.8, 4) is 0 Å². The number of rotatable bonds is 1. The minimum absolute atomic E-state index is 0.209. The monoisotopic (exact) mass is 427 g/mol. The van der Waals surface area contributed by atoms with E-state index in [1.807, 2.05) is 26.2 Å². The quantitative estimate of drug-likeness (QED) is 0.597. The molecule has 1 aromatic rings. The standard InChI is InChI=1S/C22H29N5O2S/c1-15-14-30-17(3)18-8-11-24-20(12-18)23-9-6-7-10-25-22(29)16(2)19(13-27(4)5)26-21(15)28/h8,11-14H,2-3,6-7,9-10H2,1,4-5H3,(H,23,24)(H,25,29)(H,26,28)/b15-14+,19-13+. The van der Waals surface area contributed by atoms with Crippen molar-refractivity contribution in [2.45, 2.75) is 19.8 Å². The molecule has 160 valence electrons. The van der Waals surface area contributed by atoms with Crippen LogP contribution in [0.15, 0.2) is 59.9 Å². The second kappa shape index (κ2) is 11.3. The molecule has 3 N–H and O–H groups in total. The Balaban J connectivity index is 2.27. The molecule has 7 nitrogen and oxygen atoms in total. The largest absolute Gasteiger partial charge is 0.382 e. The lowest BCUT2D eigenvalue weighted by atomic mass is 10.2. The number of thioether (sulfide) groups is 1. The van der Waals surface area contributed by atoms with Crippen molar-refractivity contribution < 1.29 is 9.59 Å². The minimum Gasteiger partial charge on any atom is -0.382 e. The van der Waals surface area contributed by atoms with E-state index in [0.717, 1.165) is 35.7 Å². The predicted octanol–water partition coefficient (Wildman–Crippen LogP) is 3.09. The number of pyridine rings is 1. The molecule has 0 saturated heterocycles. The number of hydrogen-bond acceptors (Lipinski definition) is 6. The highest BCUT2D eigenvalue weighted by atomic mass is 32.2. The van der Waals surface area contributed by atoms with E-state index in [0.29, 0.717) is 17.8 Å². The second-order valence-corrected chi connectivity index (χ2v) is 8.06. The van der Waals surface area contributed by atoms with Gasteiger partial charge in [0, 0.05) is 50.1 Å². The maximum absolute atomic E-state index is 12.7. The third-order valence-corrected chi connectivity index (χ3v) is 5.24. The van der Waals surface area contributed by atoms with Crippen LogP contribution in [0.2, 0.25) is 0 Å². The molecule has 0 saturated carbocycles. The lowest BCUT2D eigenvalue weighted by Gasteiger charge is -2.16. The van der Waals surface area contributed by atoms with Crippen LogP contribution in [-0.2, 0) is 9.59 Å². The van der Waals surface area contributed by atoms with E-state index in [9.17, 15) is 9.59 Å². The van der Waals surface area contributed by atoms with E-state index >= 15 is 0 Å². The van der Waals surface area contributed by atoms with Crippen LogP contribution in [-0.4, -0.2) is 48.9 Å². The fourth-order valence-electron chi connectivity index (χ4n) is 2.54. The number of carbonyl (C=O) groups is 2. The van der Waals surface area contributed by atoms with E-state index in [1.165, 1.54) is 11.8 Å². The summed E-state index contributed by atoms with van der Waals surface area (Å²) in [5.41, 5.74) is 2.01. The molecular formula is C22H29N5O2S. The van der Waals surface area contributed by atoms with E-state index in [1.54, 1.807) is 29.6 Å². The molecule has 0 aliphatic carbocycles. The number of anilines is 1. The minimum atomic E-state index is -0.310. The highest BCUT2D eigenvalue weighted by molar-refractivity contribution is 8.10. The van der Waals surface area contributed by atoms with Gasteiger partial charge in [-0.2, -0.15) is 0 Å². The van der Waals surface area contributed by atoms with Crippen LogP contribution in [0.4, 0.5) is 5.82 Å². The molecule has 1 aliphatic rings. The Bertz CT molecular complexity index is 889. The first-order valence-electron chi connectivity index (χ1n) is 9.67. The van der Waals surface area contributed by atoms with Gasteiger partial charge in [0.1, 0.15) is 5.82 Å². The smallest absolute Gasteiger partial charge is 0.252 e. The molecule has 0 radical (unpaired) electrons. The first-order valence-corrected chi connectivity index (χ1v) is 10.6. The zero-order valence-corrected chi connectivity index (χ0v) is 18.6. The molecular weight excluding hydrogens is 398 g/mol. The molecule has 8 heteroatoms. The lowest BCUT2D eigenvalue weighted by Crippen LogP contribution is -2.33. The summed E-state index contributed by atoms with van der Waals surface area (Å²) < 4.78 is 0. The number of carbonyl (C=O) groups excluding carboxylic acids is 2. The van der Waals surface area contributed by atoms with Crippen molar-refractivity contribution in [2.75, 3.05) is 32.5 Å². The Hall–Kier alpha value is -3.00. The van der Waals surface area contributed by atoms with E-state index in [4.69, 9.17) is 0 Å². The highest BCUT2D eigenvalue weighted by Crippen LogP contribution is 2.28. The normalized spacial score (nSPS) is 20.2. The van der Waals surface area contributed by atoms with Gasteiger partial charge in [0.05, 0.1) is 11.3 Å². The van der Waals surface area contributed by atoms with Crippen molar-refractivity contribution in [1.82, 2.24) is 20.5 Å². The van der Waals surface area contributed by atoms with Crippen LogP contribution in [0.3, 0.4) is 0 Å². The molecule has 0 atom stereocenters. The summed E-state index contributed by atoms with van der Waals surface area (Å²) in [6.07, 6.45) is 5.07. The van der Waals surface area contributed by atoms with Crippen molar-refractivity contribution in [2.24, 2.45) is 0 Å². The average Bonchev–Trinajstić information content (AvgIpc) is 2.72. The van der Waals surface area contributed by atoms with Gasteiger partial charge in [0.15, 0.2) is 0 Å². The van der Waals surface area contributed by atoms with E-state index in [2.05, 4.69) is 34.1 Å². The Labute approximate surface area is 182 Å². The van der Waals surface area contributed by atoms with Crippen LogP contribution < -0.4 is 16.0 Å². The molecule has 2 rings (SSSR count). The van der Waals surface area contributed by atoms with Gasteiger partial charge in [-0.1, -0.05) is 24.9 Å². The van der Waals surface area contributed by atoms with E-state index in [-0.39, 0.29) is 17.4 Å². The van der Waals surface area contributed by atoms with Crippen molar-refractivity contribution in [3.05, 3.63) is 65.5 Å². The van der Waals surface area contributed by atoms with Gasteiger partial charge in [-0.15, -0.1) is 0 Å². The van der Waals surface area contributed by atoms with Gasteiger partial charge in [-0.25, -0.2) is 4.98 Å². The SMILES string of the molecule is C=C1C(=O)NCCCCNc2cc(ccn2)C(=C)S/C=C(\C)C(=O)N/C1=C/N(C)C. The maximum atomic E-state index is 12.7. The molecule has 2 heterocycles. The molecule has 0 unspecified atom stereocenters. The summed E-state index contributed by atoms with van der Waals surface area (Å²) in [5, 5.41) is 10.7. The molecule has 0 fully saturated rings. The van der Waals surface area contributed by atoms with Crippen LogP contribution in [0.5, 0.6) is 0 Å². The predicted molar refractivity (Wildman–Crippen MR) is 124 cm³/mol. The molecule has 0 spiro atoms. The Morgan fingerprint density at radius 2 is 1.83 bits per heavy atom. The molecule has 30 heavy (non-hydrogen) atoms. The first kappa shape index (κ1) is 23.3. The van der Waals surface area contributed by atoms with Crippen molar-refractivity contribution in [3.63, 3.8) is 0 Å². The van der Waals surface area contributed by atoms with Crippen molar-refractivity contribution in [1.29, 1.82) is 0 Å². The number of fused-ring (bicyclic) bond motifs is 2. The fourth-order valence-corrected chi connectivity index (χ4v) is 3.23. The zero-order valence-electron chi connectivity index (χ0n) is 17.7. The van der Waals surface area contributed by atoms with Gasteiger partial charge < -0.3 is 20.9 Å². The number of amides is 2. The molecule has 1 aromatic heterocycles. The summed E-state index contributed by atoms with van der Waals surface area (Å²) in [6.45, 7) is 10.9. The Morgan fingerprint density at radius 3 is 2.53 bits per heavy atom.